The van der Waals surface area contributed by atoms with Crippen LogP contribution in [0.4, 0.5) is 4.79 Å². The average molecular weight is 302 g/mol. The van der Waals surface area contributed by atoms with Gasteiger partial charge in [0, 0.05) is 19.8 Å². The van der Waals surface area contributed by atoms with Crippen LogP contribution < -0.4 is 10.6 Å². The van der Waals surface area contributed by atoms with Gasteiger partial charge >= 0.3 is 18.0 Å². The second-order valence-electron chi connectivity index (χ2n) is 5.00. The summed E-state index contributed by atoms with van der Waals surface area (Å²) in [5.74, 6) is -1.49. The molecule has 8 heteroatoms. The lowest BCUT2D eigenvalue weighted by atomic mass is 9.80. The Morgan fingerprint density at radius 3 is 2.48 bits per heavy atom. The minimum absolute atomic E-state index is 0.00687. The Labute approximate surface area is 123 Å². The highest BCUT2D eigenvalue weighted by molar-refractivity contribution is 5.83. The van der Waals surface area contributed by atoms with Gasteiger partial charge < -0.3 is 25.2 Å². The lowest BCUT2D eigenvalue weighted by Gasteiger charge is -2.33. The summed E-state index contributed by atoms with van der Waals surface area (Å²) in [4.78, 5) is 34.5. The van der Waals surface area contributed by atoms with Crippen LogP contribution in [0.1, 0.15) is 26.7 Å². The maximum absolute atomic E-state index is 11.7. The molecule has 0 saturated carbocycles. The zero-order valence-corrected chi connectivity index (χ0v) is 12.3. The lowest BCUT2D eigenvalue weighted by Crippen LogP contribution is -2.51. The Bertz CT molecular complexity index is 392. The summed E-state index contributed by atoms with van der Waals surface area (Å²) < 4.78 is 9.92. The molecule has 0 spiro atoms. The Morgan fingerprint density at radius 1 is 1.33 bits per heavy atom. The molecule has 8 nitrogen and oxygen atoms in total. The van der Waals surface area contributed by atoms with E-state index < -0.39 is 29.4 Å². The van der Waals surface area contributed by atoms with Crippen LogP contribution in [0.2, 0.25) is 0 Å². The number of ether oxygens (including phenoxy) is 2. The third kappa shape index (κ3) is 4.89. The topological polar surface area (TPSA) is 114 Å². The van der Waals surface area contributed by atoms with Gasteiger partial charge in [0.05, 0.1) is 12.0 Å². The van der Waals surface area contributed by atoms with E-state index in [1.54, 1.807) is 6.92 Å². The molecule has 120 valence electrons. The van der Waals surface area contributed by atoms with Crippen molar-refractivity contribution in [3.05, 3.63) is 0 Å². The standard InChI is InChI=1S/C13H22N2O6/c1-3-21-10(16)9(2)15-12(19)14-8-13(11(17)18)4-6-20-7-5-13/h9H,3-8H2,1-2H3,(H,17,18)(H2,14,15,19). The fourth-order valence-corrected chi connectivity index (χ4v) is 2.05. The van der Waals surface area contributed by atoms with Crippen molar-refractivity contribution in [2.24, 2.45) is 5.41 Å². The second kappa shape index (κ2) is 7.82. The first-order valence-corrected chi connectivity index (χ1v) is 6.93. The fraction of sp³-hybridized carbons (Fsp3) is 0.769. The third-order valence-electron chi connectivity index (χ3n) is 3.48. The van der Waals surface area contributed by atoms with Crippen molar-refractivity contribution < 1.29 is 29.0 Å². The number of hydrogen-bond donors (Lipinski definition) is 3. The van der Waals surface area contributed by atoms with E-state index in [2.05, 4.69) is 10.6 Å². The highest BCUT2D eigenvalue weighted by Gasteiger charge is 2.40. The van der Waals surface area contributed by atoms with E-state index >= 15 is 0 Å². The van der Waals surface area contributed by atoms with Crippen LogP contribution in [0.5, 0.6) is 0 Å². The van der Waals surface area contributed by atoms with Gasteiger partial charge in [-0.3, -0.25) is 4.79 Å². The molecule has 0 aromatic rings. The number of urea groups is 1. The number of carbonyl (C=O) groups excluding carboxylic acids is 2. The number of aliphatic carboxylic acids is 1. The largest absolute Gasteiger partial charge is 0.481 e. The number of amides is 2. The van der Waals surface area contributed by atoms with Gasteiger partial charge in [0.1, 0.15) is 6.04 Å². The van der Waals surface area contributed by atoms with E-state index in [4.69, 9.17) is 9.47 Å². The summed E-state index contributed by atoms with van der Waals surface area (Å²) in [7, 11) is 0. The van der Waals surface area contributed by atoms with Gasteiger partial charge in [-0.15, -0.1) is 0 Å². The van der Waals surface area contributed by atoms with E-state index in [1.165, 1.54) is 6.92 Å². The predicted molar refractivity (Wildman–Crippen MR) is 72.8 cm³/mol. The average Bonchev–Trinajstić information content (AvgIpc) is 2.46. The molecule has 1 aliphatic heterocycles. The second-order valence-corrected chi connectivity index (χ2v) is 5.00. The molecule has 1 unspecified atom stereocenters. The molecule has 1 aliphatic rings. The molecule has 0 aromatic heterocycles. The molecule has 1 heterocycles. The highest BCUT2D eigenvalue weighted by Crippen LogP contribution is 2.29. The molecule has 21 heavy (non-hydrogen) atoms. The first-order chi connectivity index (χ1) is 9.91. The first-order valence-electron chi connectivity index (χ1n) is 6.93. The Balaban J connectivity index is 2.47. The summed E-state index contributed by atoms with van der Waals surface area (Å²) in [6, 6.07) is -1.39. The molecule has 1 saturated heterocycles. The van der Waals surface area contributed by atoms with Crippen molar-refractivity contribution in [1.82, 2.24) is 10.6 Å². The van der Waals surface area contributed by atoms with Gasteiger partial charge in [0.25, 0.3) is 0 Å². The van der Waals surface area contributed by atoms with Gasteiger partial charge in [-0.2, -0.15) is 0 Å². The number of hydrogen-bond acceptors (Lipinski definition) is 5. The summed E-state index contributed by atoms with van der Waals surface area (Å²) in [6.07, 6.45) is 0.687. The molecule has 0 aliphatic carbocycles. The molecule has 0 bridgehead atoms. The van der Waals surface area contributed by atoms with Crippen molar-refractivity contribution in [3.8, 4) is 0 Å². The molecular formula is C13H22N2O6. The van der Waals surface area contributed by atoms with Crippen molar-refractivity contribution >= 4 is 18.0 Å². The van der Waals surface area contributed by atoms with Gasteiger partial charge in [0.2, 0.25) is 0 Å². The van der Waals surface area contributed by atoms with Gasteiger partial charge in [-0.1, -0.05) is 0 Å². The molecule has 2 amide bonds. The minimum Gasteiger partial charge on any atom is -0.481 e. The summed E-state index contributed by atoms with van der Waals surface area (Å²) in [5.41, 5.74) is -1.01. The van der Waals surface area contributed by atoms with Crippen LogP contribution >= 0.6 is 0 Å². The Morgan fingerprint density at radius 2 is 1.95 bits per heavy atom. The third-order valence-corrected chi connectivity index (χ3v) is 3.48. The number of esters is 1. The van der Waals surface area contributed by atoms with Crippen molar-refractivity contribution in [2.45, 2.75) is 32.7 Å². The fourth-order valence-electron chi connectivity index (χ4n) is 2.05. The number of carboxylic acids is 1. The van der Waals surface area contributed by atoms with E-state index in [0.29, 0.717) is 26.1 Å². The molecule has 1 rings (SSSR count). The number of rotatable bonds is 6. The molecule has 1 fully saturated rings. The number of nitrogens with one attached hydrogen (secondary N) is 2. The smallest absolute Gasteiger partial charge is 0.328 e. The zero-order chi connectivity index (χ0) is 15.9. The first kappa shape index (κ1) is 17.2. The van der Waals surface area contributed by atoms with Gasteiger partial charge in [-0.25, -0.2) is 9.59 Å². The van der Waals surface area contributed by atoms with Crippen LogP contribution in [-0.2, 0) is 19.1 Å². The lowest BCUT2D eigenvalue weighted by molar-refractivity contribution is -0.154. The van der Waals surface area contributed by atoms with E-state index in [1.807, 2.05) is 0 Å². The van der Waals surface area contributed by atoms with E-state index in [-0.39, 0.29) is 13.2 Å². The highest BCUT2D eigenvalue weighted by atomic mass is 16.5. The summed E-state index contributed by atoms with van der Waals surface area (Å²) >= 11 is 0. The monoisotopic (exact) mass is 302 g/mol. The maximum Gasteiger partial charge on any atom is 0.328 e. The van der Waals surface area contributed by atoms with Crippen LogP contribution in [-0.4, -0.2) is 55.5 Å². The van der Waals surface area contributed by atoms with Gasteiger partial charge in [-0.05, 0) is 26.7 Å². The zero-order valence-electron chi connectivity index (χ0n) is 12.3. The van der Waals surface area contributed by atoms with E-state index in [9.17, 15) is 19.5 Å². The summed E-state index contributed by atoms with van der Waals surface area (Å²) in [6.45, 7) is 4.11. The van der Waals surface area contributed by atoms with Crippen LogP contribution in [0.25, 0.3) is 0 Å². The van der Waals surface area contributed by atoms with Crippen molar-refractivity contribution in [2.75, 3.05) is 26.4 Å². The molecule has 1 atom stereocenters. The van der Waals surface area contributed by atoms with Crippen molar-refractivity contribution in [3.63, 3.8) is 0 Å². The number of carbonyl (C=O) groups is 3. The van der Waals surface area contributed by atoms with Crippen LogP contribution in [0, 0.1) is 5.41 Å². The SMILES string of the molecule is CCOC(=O)C(C)NC(=O)NCC1(C(=O)O)CCOCC1. The van der Waals surface area contributed by atoms with Crippen molar-refractivity contribution in [1.29, 1.82) is 0 Å². The maximum atomic E-state index is 11.7. The Kier molecular flexibility index (Phi) is 6.41. The van der Waals surface area contributed by atoms with Crippen LogP contribution in [0.3, 0.4) is 0 Å². The number of carboxylic acid groups (broad SMARTS) is 1. The minimum atomic E-state index is -1.01. The normalized spacial score (nSPS) is 18.4. The molecule has 0 aromatic carbocycles. The molecule has 0 radical (unpaired) electrons. The molecule has 3 N–H and O–H groups in total. The Hall–Kier alpha value is -1.83. The van der Waals surface area contributed by atoms with E-state index in [0.717, 1.165) is 0 Å². The van der Waals surface area contributed by atoms with Gasteiger partial charge in [0.15, 0.2) is 0 Å². The predicted octanol–water partition coefficient (Wildman–Crippen LogP) is 0.119. The van der Waals surface area contributed by atoms with Crippen LogP contribution in [0.15, 0.2) is 0 Å². The quantitative estimate of drug-likeness (QED) is 0.600. The molecular weight excluding hydrogens is 280 g/mol. The summed E-state index contributed by atoms with van der Waals surface area (Å²) in [5, 5.41) is 14.3.